The van der Waals surface area contributed by atoms with Crippen LogP contribution in [0.15, 0.2) is 12.2 Å². The van der Waals surface area contributed by atoms with Crippen LogP contribution >= 0.6 is 0 Å². The first kappa shape index (κ1) is 8.66. The molecule has 0 aliphatic heterocycles. The van der Waals surface area contributed by atoms with Crippen molar-refractivity contribution in [3.8, 4) is 0 Å². The fraction of sp³-hybridized carbons (Fsp3) is 0.714. The van der Waals surface area contributed by atoms with Crippen molar-refractivity contribution < 1.29 is 10.2 Å². The first-order valence-corrected chi connectivity index (χ1v) is 3.25. The van der Waals surface area contributed by atoms with Crippen molar-refractivity contribution in [2.75, 3.05) is 6.61 Å². The maximum absolute atomic E-state index is 8.95. The first-order valence-electron chi connectivity index (χ1n) is 3.25. The predicted molar refractivity (Wildman–Crippen MR) is 37.1 cm³/mol. The second-order valence-corrected chi connectivity index (χ2v) is 1.95. The highest BCUT2D eigenvalue weighted by atomic mass is 16.3. The summed E-state index contributed by atoms with van der Waals surface area (Å²) in [7, 11) is 0. The van der Waals surface area contributed by atoms with Crippen molar-refractivity contribution in [3.05, 3.63) is 12.2 Å². The summed E-state index contributed by atoms with van der Waals surface area (Å²) < 4.78 is 0. The highest BCUT2D eigenvalue weighted by Crippen LogP contribution is 1.96. The van der Waals surface area contributed by atoms with Crippen LogP contribution in [-0.2, 0) is 0 Å². The fourth-order valence-corrected chi connectivity index (χ4v) is 0.495. The minimum atomic E-state index is -0.243. The molecule has 0 rings (SSSR count). The third-order valence-corrected chi connectivity index (χ3v) is 1.15. The molecule has 0 amide bonds. The van der Waals surface area contributed by atoms with Crippen molar-refractivity contribution in [1.29, 1.82) is 0 Å². The third-order valence-electron chi connectivity index (χ3n) is 1.15. The van der Waals surface area contributed by atoms with Gasteiger partial charge in [-0.2, -0.15) is 0 Å². The molecule has 0 aromatic carbocycles. The standard InChI is InChI=1S/C7H14O2/c1-2-7(9)5-3-4-6-8/h3-4,7-9H,2,5-6H2,1H3/b4-3-/t7-/m0/s1. The van der Waals surface area contributed by atoms with E-state index in [0.29, 0.717) is 6.42 Å². The van der Waals surface area contributed by atoms with Crippen LogP contribution < -0.4 is 0 Å². The number of aliphatic hydroxyl groups excluding tert-OH is 2. The van der Waals surface area contributed by atoms with Crippen molar-refractivity contribution in [3.63, 3.8) is 0 Å². The van der Waals surface area contributed by atoms with Gasteiger partial charge in [-0.05, 0) is 12.8 Å². The number of hydrogen-bond acceptors (Lipinski definition) is 2. The van der Waals surface area contributed by atoms with Gasteiger partial charge in [0.2, 0.25) is 0 Å². The lowest BCUT2D eigenvalue weighted by atomic mass is 10.2. The molecule has 0 unspecified atom stereocenters. The lowest BCUT2D eigenvalue weighted by Gasteiger charge is -2.00. The summed E-state index contributed by atoms with van der Waals surface area (Å²) in [5.74, 6) is 0. The molecule has 54 valence electrons. The lowest BCUT2D eigenvalue weighted by Crippen LogP contribution is -2.01. The van der Waals surface area contributed by atoms with Crippen LogP contribution in [0, 0.1) is 0 Å². The second-order valence-electron chi connectivity index (χ2n) is 1.95. The molecule has 0 saturated heterocycles. The third kappa shape index (κ3) is 5.53. The highest BCUT2D eigenvalue weighted by Gasteiger charge is 1.93. The molecule has 0 spiro atoms. The Balaban J connectivity index is 3.15. The maximum atomic E-state index is 8.95. The van der Waals surface area contributed by atoms with E-state index in [1.54, 1.807) is 12.2 Å². The van der Waals surface area contributed by atoms with Crippen molar-refractivity contribution in [1.82, 2.24) is 0 Å². The summed E-state index contributed by atoms with van der Waals surface area (Å²) in [6.45, 7) is 1.99. The number of hydrogen-bond donors (Lipinski definition) is 2. The Morgan fingerprint density at radius 3 is 2.56 bits per heavy atom. The Morgan fingerprint density at radius 1 is 1.44 bits per heavy atom. The summed E-state index contributed by atoms with van der Waals surface area (Å²) in [4.78, 5) is 0. The van der Waals surface area contributed by atoms with Crippen molar-refractivity contribution in [2.24, 2.45) is 0 Å². The molecular formula is C7H14O2. The van der Waals surface area contributed by atoms with E-state index in [-0.39, 0.29) is 12.7 Å². The normalized spacial score (nSPS) is 14.6. The van der Waals surface area contributed by atoms with Gasteiger partial charge in [-0.25, -0.2) is 0 Å². The van der Waals surface area contributed by atoms with E-state index in [1.165, 1.54) is 0 Å². The van der Waals surface area contributed by atoms with E-state index in [9.17, 15) is 0 Å². The molecule has 2 heteroatoms. The van der Waals surface area contributed by atoms with Gasteiger partial charge in [-0.1, -0.05) is 19.1 Å². The molecule has 0 aromatic rings. The molecule has 2 nitrogen and oxygen atoms in total. The van der Waals surface area contributed by atoms with Gasteiger partial charge < -0.3 is 10.2 Å². The molecule has 9 heavy (non-hydrogen) atoms. The van der Waals surface area contributed by atoms with Gasteiger partial charge in [0, 0.05) is 0 Å². The molecular weight excluding hydrogens is 116 g/mol. The summed E-state index contributed by atoms with van der Waals surface area (Å²) in [6.07, 6.45) is 4.60. The van der Waals surface area contributed by atoms with Crippen LogP contribution in [0.1, 0.15) is 19.8 Å². The zero-order chi connectivity index (χ0) is 7.11. The van der Waals surface area contributed by atoms with Gasteiger partial charge in [-0.3, -0.25) is 0 Å². The Morgan fingerprint density at radius 2 is 2.11 bits per heavy atom. The Bertz CT molecular complexity index is 79.0. The van der Waals surface area contributed by atoms with Crippen LogP contribution in [0.4, 0.5) is 0 Å². The highest BCUT2D eigenvalue weighted by molar-refractivity contribution is 4.82. The Labute approximate surface area is 55.8 Å². The molecule has 0 aromatic heterocycles. The molecule has 0 aliphatic rings. The van der Waals surface area contributed by atoms with E-state index in [4.69, 9.17) is 10.2 Å². The molecule has 0 aliphatic carbocycles. The fourth-order valence-electron chi connectivity index (χ4n) is 0.495. The van der Waals surface area contributed by atoms with Gasteiger partial charge in [0.05, 0.1) is 12.7 Å². The largest absolute Gasteiger partial charge is 0.393 e. The summed E-state index contributed by atoms with van der Waals surface area (Å²) in [5.41, 5.74) is 0. The minimum Gasteiger partial charge on any atom is -0.393 e. The maximum Gasteiger partial charge on any atom is 0.0612 e. The molecule has 0 radical (unpaired) electrons. The van der Waals surface area contributed by atoms with E-state index in [0.717, 1.165) is 6.42 Å². The Hall–Kier alpha value is -0.340. The smallest absolute Gasteiger partial charge is 0.0612 e. The number of aliphatic hydroxyl groups is 2. The number of rotatable bonds is 4. The molecule has 0 bridgehead atoms. The molecule has 1 atom stereocenters. The zero-order valence-corrected chi connectivity index (χ0v) is 5.75. The van der Waals surface area contributed by atoms with E-state index in [2.05, 4.69) is 0 Å². The Kier molecular flexibility index (Phi) is 5.57. The first-order chi connectivity index (χ1) is 4.31. The van der Waals surface area contributed by atoms with Gasteiger partial charge in [0.15, 0.2) is 0 Å². The zero-order valence-electron chi connectivity index (χ0n) is 5.75. The van der Waals surface area contributed by atoms with Crippen molar-refractivity contribution >= 4 is 0 Å². The lowest BCUT2D eigenvalue weighted by molar-refractivity contribution is 0.173. The molecule has 2 N–H and O–H groups in total. The van der Waals surface area contributed by atoms with E-state index < -0.39 is 0 Å². The average molecular weight is 130 g/mol. The SMILES string of the molecule is CC[C@H](O)C/C=C\CO. The van der Waals surface area contributed by atoms with Gasteiger partial charge >= 0.3 is 0 Å². The van der Waals surface area contributed by atoms with Crippen molar-refractivity contribution in [2.45, 2.75) is 25.9 Å². The summed E-state index contributed by atoms with van der Waals surface area (Å²) in [5, 5.41) is 17.2. The topological polar surface area (TPSA) is 40.5 Å². The van der Waals surface area contributed by atoms with Crippen LogP contribution in [-0.4, -0.2) is 22.9 Å². The molecule has 0 heterocycles. The van der Waals surface area contributed by atoms with Crippen LogP contribution in [0.25, 0.3) is 0 Å². The van der Waals surface area contributed by atoms with Crippen LogP contribution in [0.5, 0.6) is 0 Å². The minimum absolute atomic E-state index is 0.0659. The van der Waals surface area contributed by atoms with Gasteiger partial charge in [-0.15, -0.1) is 0 Å². The summed E-state index contributed by atoms with van der Waals surface area (Å²) >= 11 is 0. The average Bonchev–Trinajstić information content (AvgIpc) is 1.89. The molecule has 0 saturated carbocycles. The van der Waals surface area contributed by atoms with E-state index in [1.807, 2.05) is 6.92 Å². The second kappa shape index (κ2) is 5.79. The predicted octanol–water partition coefficient (Wildman–Crippen LogP) is 0.696. The van der Waals surface area contributed by atoms with Gasteiger partial charge in [0.1, 0.15) is 0 Å². The quantitative estimate of drug-likeness (QED) is 0.550. The van der Waals surface area contributed by atoms with Crippen LogP contribution in [0.3, 0.4) is 0 Å². The molecule has 0 fully saturated rings. The van der Waals surface area contributed by atoms with Crippen LogP contribution in [0.2, 0.25) is 0 Å². The van der Waals surface area contributed by atoms with E-state index >= 15 is 0 Å². The van der Waals surface area contributed by atoms with Gasteiger partial charge in [0.25, 0.3) is 0 Å². The monoisotopic (exact) mass is 130 g/mol. The summed E-state index contributed by atoms with van der Waals surface area (Å²) in [6, 6.07) is 0.